The zero-order valence-corrected chi connectivity index (χ0v) is 15.5. The van der Waals surface area contributed by atoms with E-state index >= 15 is 0 Å². The van der Waals surface area contributed by atoms with Crippen LogP contribution in [0.15, 0.2) is 24.3 Å². The molecule has 0 radical (unpaired) electrons. The van der Waals surface area contributed by atoms with E-state index in [9.17, 15) is 9.18 Å². The van der Waals surface area contributed by atoms with Crippen LogP contribution in [0, 0.1) is 5.82 Å². The molecule has 2 aliphatic rings. The quantitative estimate of drug-likeness (QED) is 0.732. The van der Waals surface area contributed by atoms with Crippen molar-refractivity contribution in [3.05, 3.63) is 52.7 Å². The first kappa shape index (κ1) is 17.2. The highest BCUT2D eigenvalue weighted by molar-refractivity contribution is 5.98. The number of nitrogens with zero attached hydrogens (tertiary/aromatic N) is 3. The van der Waals surface area contributed by atoms with E-state index in [1.165, 1.54) is 12.1 Å². The van der Waals surface area contributed by atoms with E-state index in [-0.39, 0.29) is 11.7 Å². The van der Waals surface area contributed by atoms with Crippen molar-refractivity contribution >= 4 is 22.8 Å². The number of piperidine rings is 1. The number of nitrogens with one attached hydrogen (secondary N) is 1. The molecule has 0 saturated carbocycles. The minimum Gasteiger partial charge on any atom is -0.365 e. The van der Waals surface area contributed by atoms with Crippen molar-refractivity contribution in [2.24, 2.45) is 5.73 Å². The fraction of sp³-hybridized carbons (Fsp3) is 0.381. The maximum absolute atomic E-state index is 13.4. The largest absolute Gasteiger partial charge is 0.365 e. The van der Waals surface area contributed by atoms with Gasteiger partial charge in [-0.05, 0) is 61.9 Å². The van der Waals surface area contributed by atoms with E-state index in [4.69, 9.17) is 10.7 Å². The van der Waals surface area contributed by atoms with Gasteiger partial charge in [0.25, 0.3) is 5.91 Å². The molecule has 144 valence electrons. The third-order valence-electron chi connectivity index (χ3n) is 5.94. The number of hydrogen-bond acceptors (Lipinski definition) is 4. The predicted molar refractivity (Wildman–Crippen MR) is 105 cm³/mol. The lowest BCUT2D eigenvalue weighted by Crippen LogP contribution is -2.35. The molecule has 1 aliphatic carbocycles. The predicted octanol–water partition coefficient (Wildman–Crippen LogP) is 3.07. The molecule has 5 rings (SSSR count). The van der Waals surface area contributed by atoms with Crippen molar-refractivity contribution in [3.63, 3.8) is 0 Å². The van der Waals surface area contributed by atoms with Gasteiger partial charge in [-0.1, -0.05) is 0 Å². The van der Waals surface area contributed by atoms with Crippen LogP contribution in [-0.2, 0) is 12.8 Å². The van der Waals surface area contributed by atoms with Crippen molar-refractivity contribution in [2.45, 2.75) is 38.0 Å². The lowest BCUT2D eigenvalue weighted by atomic mass is 9.95. The van der Waals surface area contributed by atoms with Crippen LogP contribution in [0.4, 0.5) is 10.2 Å². The Balaban J connectivity index is 1.37. The third kappa shape index (κ3) is 2.91. The molecule has 7 heteroatoms. The second kappa shape index (κ2) is 6.58. The molecule has 0 atom stereocenters. The van der Waals surface area contributed by atoms with Crippen LogP contribution in [0.5, 0.6) is 0 Å². The van der Waals surface area contributed by atoms with Crippen molar-refractivity contribution in [3.8, 4) is 0 Å². The molecule has 3 heterocycles. The van der Waals surface area contributed by atoms with Crippen LogP contribution in [0.3, 0.4) is 0 Å². The fourth-order valence-electron chi connectivity index (χ4n) is 4.44. The van der Waals surface area contributed by atoms with Crippen molar-refractivity contribution in [1.29, 1.82) is 0 Å². The summed E-state index contributed by atoms with van der Waals surface area (Å²) >= 11 is 0. The minimum absolute atomic E-state index is 0.265. The Morgan fingerprint density at radius 2 is 2.00 bits per heavy atom. The number of carbonyl (C=O) groups excluding carboxylic acids is 1. The number of anilines is 1. The monoisotopic (exact) mass is 379 g/mol. The number of aromatic amines is 1. The van der Waals surface area contributed by atoms with Gasteiger partial charge in [-0.15, -0.1) is 0 Å². The number of benzene rings is 1. The SMILES string of the molecule is NC(=O)c1cc2c(nc1N1CCC(c3nc4ccc(F)cc4[nH]3)CC1)CCC2. The molecule has 3 aromatic rings. The average Bonchev–Trinajstić information content (AvgIpc) is 3.32. The molecule has 1 saturated heterocycles. The van der Waals surface area contributed by atoms with Crippen molar-refractivity contribution in [2.75, 3.05) is 18.0 Å². The number of hydrogen-bond donors (Lipinski definition) is 2. The Kier molecular flexibility index (Phi) is 4.03. The van der Waals surface area contributed by atoms with Gasteiger partial charge < -0.3 is 15.6 Å². The smallest absolute Gasteiger partial charge is 0.252 e. The Morgan fingerprint density at radius 1 is 1.18 bits per heavy atom. The van der Waals surface area contributed by atoms with E-state index < -0.39 is 5.91 Å². The number of pyridine rings is 1. The van der Waals surface area contributed by atoms with E-state index in [2.05, 4.69) is 14.9 Å². The molecule has 3 N–H and O–H groups in total. The van der Waals surface area contributed by atoms with Gasteiger partial charge in [0.05, 0.1) is 16.6 Å². The lowest BCUT2D eigenvalue weighted by molar-refractivity contribution is 0.1000. The molecular weight excluding hydrogens is 357 g/mol. The van der Waals surface area contributed by atoms with Gasteiger partial charge in [0.1, 0.15) is 17.5 Å². The Morgan fingerprint density at radius 3 is 2.79 bits per heavy atom. The number of aryl methyl sites for hydroxylation is 2. The van der Waals surface area contributed by atoms with Gasteiger partial charge in [-0.2, -0.15) is 0 Å². The summed E-state index contributed by atoms with van der Waals surface area (Å²) in [5, 5.41) is 0. The highest BCUT2D eigenvalue weighted by atomic mass is 19.1. The molecule has 6 nitrogen and oxygen atoms in total. The second-order valence-electron chi connectivity index (χ2n) is 7.73. The van der Waals surface area contributed by atoms with Crippen LogP contribution in [0.1, 0.15) is 52.6 Å². The summed E-state index contributed by atoms with van der Waals surface area (Å²) < 4.78 is 13.4. The number of halogens is 1. The number of nitrogens with two attached hydrogens (primary N) is 1. The van der Waals surface area contributed by atoms with E-state index in [0.717, 1.165) is 79.1 Å². The zero-order valence-electron chi connectivity index (χ0n) is 15.5. The first-order valence-electron chi connectivity index (χ1n) is 9.81. The summed E-state index contributed by atoms with van der Waals surface area (Å²) in [7, 11) is 0. The molecule has 1 fully saturated rings. The number of fused-ring (bicyclic) bond motifs is 2. The minimum atomic E-state index is -0.418. The van der Waals surface area contributed by atoms with Crippen LogP contribution in [0.2, 0.25) is 0 Å². The van der Waals surface area contributed by atoms with Gasteiger partial charge in [-0.25, -0.2) is 14.4 Å². The zero-order chi connectivity index (χ0) is 19.3. The standard InChI is InChI=1S/C21H22FN5O/c22-14-4-5-17-18(11-14)25-20(24-17)12-6-8-27(9-7-12)21-15(19(23)28)10-13-2-1-3-16(13)26-21/h4-5,10-12H,1-3,6-9H2,(H2,23,28)(H,24,25). The van der Waals surface area contributed by atoms with Gasteiger partial charge in [-0.3, -0.25) is 4.79 Å². The van der Waals surface area contributed by atoms with Gasteiger partial charge in [0, 0.05) is 24.7 Å². The molecule has 1 aliphatic heterocycles. The summed E-state index contributed by atoms with van der Waals surface area (Å²) in [5.74, 6) is 1.21. The van der Waals surface area contributed by atoms with Crippen molar-refractivity contribution in [1.82, 2.24) is 15.0 Å². The van der Waals surface area contributed by atoms with Gasteiger partial charge in [0.15, 0.2) is 0 Å². The normalized spacial score (nSPS) is 17.2. The maximum atomic E-state index is 13.4. The highest BCUT2D eigenvalue weighted by Crippen LogP contribution is 2.33. The number of amides is 1. The summed E-state index contributed by atoms with van der Waals surface area (Å²) in [6.45, 7) is 1.56. The molecule has 1 amide bonds. The number of primary amides is 1. The topological polar surface area (TPSA) is 87.9 Å². The molecule has 28 heavy (non-hydrogen) atoms. The van der Waals surface area contributed by atoms with Crippen LogP contribution in [-0.4, -0.2) is 33.9 Å². The van der Waals surface area contributed by atoms with Crippen LogP contribution < -0.4 is 10.6 Å². The van der Waals surface area contributed by atoms with E-state index in [1.54, 1.807) is 6.07 Å². The molecule has 0 bridgehead atoms. The van der Waals surface area contributed by atoms with Crippen LogP contribution >= 0.6 is 0 Å². The number of imidazole rings is 1. The average molecular weight is 379 g/mol. The first-order valence-corrected chi connectivity index (χ1v) is 9.81. The number of aromatic nitrogens is 3. The second-order valence-corrected chi connectivity index (χ2v) is 7.73. The van der Waals surface area contributed by atoms with Crippen molar-refractivity contribution < 1.29 is 9.18 Å². The van der Waals surface area contributed by atoms with E-state index in [1.807, 2.05) is 6.07 Å². The maximum Gasteiger partial charge on any atom is 0.252 e. The Bertz CT molecular complexity index is 1070. The highest BCUT2D eigenvalue weighted by Gasteiger charge is 2.28. The summed E-state index contributed by atoms with van der Waals surface area (Å²) in [5.41, 5.74) is 9.93. The first-order chi connectivity index (χ1) is 13.6. The molecule has 2 aromatic heterocycles. The Hall–Kier alpha value is -2.96. The summed E-state index contributed by atoms with van der Waals surface area (Å²) in [6.07, 6.45) is 4.79. The Labute approximate surface area is 162 Å². The summed E-state index contributed by atoms with van der Waals surface area (Å²) in [6, 6.07) is 6.55. The van der Waals surface area contributed by atoms with Crippen LogP contribution in [0.25, 0.3) is 11.0 Å². The molecule has 0 spiro atoms. The molecular formula is C21H22FN5O. The van der Waals surface area contributed by atoms with Gasteiger partial charge >= 0.3 is 0 Å². The number of H-pyrrole nitrogens is 1. The third-order valence-corrected chi connectivity index (χ3v) is 5.94. The van der Waals surface area contributed by atoms with E-state index in [0.29, 0.717) is 5.56 Å². The fourth-order valence-corrected chi connectivity index (χ4v) is 4.44. The summed E-state index contributed by atoms with van der Waals surface area (Å²) in [4.78, 5) is 26.9. The molecule has 1 aromatic carbocycles. The lowest BCUT2D eigenvalue weighted by Gasteiger charge is -2.33. The number of rotatable bonds is 3. The molecule has 0 unspecified atom stereocenters. The number of carbonyl (C=O) groups is 1. The van der Waals surface area contributed by atoms with Gasteiger partial charge in [0.2, 0.25) is 0 Å².